The van der Waals surface area contributed by atoms with Gasteiger partial charge < -0.3 is 25.4 Å². The maximum atomic E-state index is 13.4. The topological polar surface area (TPSA) is 88.7 Å². The molecule has 2 aromatic carbocycles. The zero-order valence-electron chi connectivity index (χ0n) is 19.6. The van der Waals surface area contributed by atoms with E-state index in [1.807, 2.05) is 0 Å². The summed E-state index contributed by atoms with van der Waals surface area (Å²) in [6.45, 7) is 0.354. The molecule has 1 heterocycles. The van der Waals surface area contributed by atoms with Gasteiger partial charge in [0, 0.05) is 41.7 Å². The highest BCUT2D eigenvalue weighted by Crippen LogP contribution is 2.37. The summed E-state index contributed by atoms with van der Waals surface area (Å²) >= 11 is 11.6. The SMILES string of the molecule is CC(CCNC(=O)COc1ccc(Cl)c(F)c1)NC(=O)C1CC(NCC(F)(F)F)c2cc(Cl)ccc2O1. The van der Waals surface area contributed by atoms with Gasteiger partial charge in [-0.05, 0) is 43.7 Å². The van der Waals surface area contributed by atoms with Gasteiger partial charge in [-0.2, -0.15) is 13.2 Å². The van der Waals surface area contributed by atoms with E-state index in [-0.39, 0.29) is 42.1 Å². The zero-order chi connectivity index (χ0) is 27.2. The number of carbonyl (C=O) groups is 2. The van der Waals surface area contributed by atoms with Crippen LogP contribution in [0.5, 0.6) is 11.5 Å². The molecule has 0 fully saturated rings. The van der Waals surface area contributed by atoms with Crippen LogP contribution in [0.15, 0.2) is 36.4 Å². The first kappa shape index (κ1) is 28.8. The fraction of sp³-hybridized carbons (Fsp3) is 0.417. The minimum Gasteiger partial charge on any atom is -0.484 e. The number of fused-ring (bicyclic) bond motifs is 1. The van der Waals surface area contributed by atoms with Crippen LogP contribution in [-0.4, -0.2) is 49.8 Å². The van der Waals surface area contributed by atoms with E-state index in [4.69, 9.17) is 32.7 Å². The van der Waals surface area contributed by atoms with E-state index in [0.29, 0.717) is 17.0 Å². The number of halogens is 6. The molecule has 0 aliphatic carbocycles. The summed E-state index contributed by atoms with van der Waals surface area (Å²) in [5.74, 6) is -1.18. The summed E-state index contributed by atoms with van der Waals surface area (Å²) in [6.07, 6.45) is -5.11. The highest BCUT2D eigenvalue weighted by atomic mass is 35.5. The highest BCUT2D eigenvalue weighted by Gasteiger charge is 2.36. The second kappa shape index (κ2) is 12.7. The maximum absolute atomic E-state index is 13.4. The van der Waals surface area contributed by atoms with Gasteiger partial charge in [0.2, 0.25) is 0 Å². The van der Waals surface area contributed by atoms with Crippen molar-refractivity contribution in [3.63, 3.8) is 0 Å². The van der Waals surface area contributed by atoms with Gasteiger partial charge in [-0.25, -0.2) is 4.39 Å². The van der Waals surface area contributed by atoms with Crippen LogP contribution in [0.2, 0.25) is 10.0 Å². The molecule has 3 rings (SSSR count). The summed E-state index contributed by atoms with van der Waals surface area (Å²) in [7, 11) is 0. The van der Waals surface area contributed by atoms with Gasteiger partial charge >= 0.3 is 6.18 Å². The first-order chi connectivity index (χ1) is 17.4. The minimum atomic E-state index is -4.43. The number of alkyl halides is 3. The van der Waals surface area contributed by atoms with Gasteiger partial charge in [0.05, 0.1) is 11.6 Å². The normalized spacial score (nSPS) is 17.8. The van der Waals surface area contributed by atoms with Gasteiger partial charge in [0.1, 0.15) is 17.3 Å². The van der Waals surface area contributed by atoms with E-state index >= 15 is 0 Å². The molecule has 0 spiro atoms. The molecule has 2 aromatic rings. The van der Waals surface area contributed by atoms with Crippen molar-refractivity contribution in [2.24, 2.45) is 0 Å². The zero-order valence-corrected chi connectivity index (χ0v) is 21.1. The molecule has 1 aliphatic heterocycles. The van der Waals surface area contributed by atoms with Crippen molar-refractivity contribution in [3.05, 3.63) is 57.8 Å². The molecule has 3 N–H and O–H groups in total. The van der Waals surface area contributed by atoms with Gasteiger partial charge in [-0.3, -0.25) is 9.59 Å². The van der Waals surface area contributed by atoms with E-state index in [9.17, 15) is 27.2 Å². The Hall–Kier alpha value is -2.76. The number of hydrogen-bond acceptors (Lipinski definition) is 5. The maximum Gasteiger partial charge on any atom is 0.401 e. The number of amides is 2. The van der Waals surface area contributed by atoms with Crippen molar-refractivity contribution in [1.82, 2.24) is 16.0 Å². The summed E-state index contributed by atoms with van der Waals surface area (Å²) in [4.78, 5) is 24.7. The molecule has 0 aromatic heterocycles. The second-order valence-corrected chi connectivity index (χ2v) is 9.33. The van der Waals surface area contributed by atoms with Crippen LogP contribution in [0.3, 0.4) is 0 Å². The van der Waals surface area contributed by atoms with Gasteiger partial charge in [0.25, 0.3) is 11.8 Å². The molecule has 0 saturated carbocycles. The first-order valence-electron chi connectivity index (χ1n) is 11.3. The summed E-state index contributed by atoms with van der Waals surface area (Å²) in [5.41, 5.74) is 0.445. The quantitative estimate of drug-likeness (QED) is 0.367. The standard InChI is InChI=1S/C24H25Cl2F4N3O4/c1-13(6-7-31-22(34)11-36-15-3-4-17(26)18(27)9-15)33-23(35)21-10-19(32-12-24(28,29)30)16-8-14(25)2-5-20(16)37-21/h2-5,8-9,13,19,21,32H,6-7,10-12H2,1H3,(H,31,34)(H,33,35). The molecule has 0 bridgehead atoms. The Bertz CT molecular complexity index is 1120. The lowest BCUT2D eigenvalue weighted by atomic mass is 9.95. The van der Waals surface area contributed by atoms with Gasteiger partial charge in [-0.1, -0.05) is 23.2 Å². The van der Waals surface area contributed by atoms with Crippen LogP contribution in [0.4, 0.5) is 17.6 Å². The largest absolute Gasteiger partial charge is 0.484 e. The van der Waals surface area contributed by atoms with E-state index in [2.05, 4.69) is 16.0 Å². The summed E-state index contributed by atoms with van der Waals surface area (Å²) < 4.78 is 62.7. The van der Waals surface area contributed by atoms with Crippen LogP contribution in [0, 0.1) is 5.82 Å². The Balaban J connectivity index is 1.46. The second-order valence-electron chi connectivity index (χ2n) is 8.49. The molecule has 3 unspecified atom stereocenters. The van der Waals surface area contributed by atoms with E-state index < -0.39 is 42.5 Å². The van der Waals surface area contributed by atoms with Crippen molar-refractivity contribution in [2.75, 3.05) is 19.7 Å². The average Bonchev–Trinajstić information content (AvgIpc) is 2.82. The Morgan fingerprint density at radius 3 is 2.65 bits per heavy atom. The molecule has 0 radical (unpaired) electrons. The third-order valence-corrected chi connectivity index (χ3v) is 6.00. The predicted octanol–water partition coefficient (Wildman–Crippen LogP) is 4.57. The lowest BCUT2D eigenvalue weighted by molar-refractivity contribution is -0.131. The predicted molar refractivity (Wildman–Crippen MR) is 129 cm³/mol. The Labute approximate surface area is 220 Å². The highest BCUT2D eigenvalue weighted by molar-refractivity contribution is 6.31. The number of carbonyl (C=O) groups excluding carboxylic acids is 2. The van der Waals surface area contributed by atoms with Gasteiger partial charge in [-0.15, -0.1) is 0 Å². The Morgan fingerprint density at radius 2 is 1.95 bits per heavy atom. The monoisotopic (exact) mass is 565 g/mol. The first-order valence-corrected chi connectivity index (χ1v) is 12.1. The molecular formula is C24H25Cl2F4N3O4. The number of hydrogen-bond donors (Lipinski definition) is 3. The fourth-order valence-electron chi connectivity index (χ4n) is 3.64. The smallest absolute Gasteiger partial charge is 0.401 e. The van der Waals surface area contributed by atoms with Crippen LogP contribution < -0.4 is 25.4 Å². The molecule has 202 valence electrons. The lowest BCUT2D eigenvalue weighted by Crippen LogP contribution is -2.47. The fourth-order valence-corrected chi connectivity index (χ4v) is 3.93. The number of benzene rings is 2. The molecule has 0 saturated heterocycles. The minimum absolute atomic E-state index is 0.0264. The average molecular weight is 566 g/mol. The van der Waals surface area contributed by atoms with Crippen LogP contribution in [0.1, 0.15) is 31.4 Å². The Morgan fingerprint density at radius 1 is 1.19 bits per heavy atom. The molecule has 3 atom stereocenters. The molecule has 37 heavy (non-hydrogen) atoms. The van der Waals surface area contributed by atoms with Crippen molar-refractivity contribution in [3.8, 4) is 11.5 Å². The number of rotatable bonds is 10. The molecule has 7 nitrogen and oxygen atoms in total. The number of ether oxygens (including phenoxy) is 2. The number of nitrogens with one attached hydrogen (secondary N) is 3. The molecular weight excluding hydrogens is 541 g/mol. The van der Waals surface area contributed by atoms with Crippen molar-refractivity contribution >= 4 is 35.0 Å². The summed E-state index contributed by atoms with van der Waals surface area (Å²) in [6, 6.07) is 7.19. The van der Waals surface area contributed by atoms with Gasteiger partial charge in [0.15, 0.2) is 12.7 Å². The molecule has 2 amide bonds. The third kappa shape index (κ3) is 8.94. The van der Waals surface area contributed by atoms with Crippen molar-refractivity contribution < 1.29 is 36.6 Å². The lowest BCUT2D eigenvalue weighted by Gasteiger charge is -2.33. The van der Waals surface area contributed by atoms with E-state index in [1.165, 1.54) is 30.3 Å². The van der Waals surface area contributed by atoms with Crippen molar-refractivity contribution in [2.45, 2.75) is 44.1 Å². The third-order valence-electron chi connectivity index (χ3n) is 5.46. The van der Waals surface area contributed by atoms with Crippen LogP contribution in [-0.2, 0) is 9.59 Å². The van der Waals surface area contributed by atoms with Crippen LogP contribution >= 0.6 is 23.2 Å². The van der Waals surface area contributed by atoms with E-state index in [1.54, 1.807) is 6.92 Å². The molecule has 1 aliphatic rings. The molecule has 13 heteroatoms. The van der Waals surface area contributed by atoms with E-state index in [0.717, 1.165) is 6.07 Å². The Kier molecular flexibility index (Phi) is 9.86. The summed E-state index contributed by atoms with van der Waals surface area (Å²) in [5, 5.41) is 8.08. The van der Waals surface area contributed by atoms with Crippen molar-refractivity contribution in [1.29, 1.82) is 0 Å². The van der Waals surface area contributed by atoms with Crippen LogP contribution in [0.25, 0.3) is 0 Å².